The van der Waals surface area contributed by atoms with Gasteiger partial charge in [-0.25, -0.2) is 0 Å². The van der Waals surface area contributed by atoms with Crippen molar-refractivity contribution < 1.29 is 0 Å². The fraction of sp³-hybridized carbons (Fsp3) is 1.00. The van der Waals surface area contributed by atoms with Crippen LogP contribution in [0, 0.1) is 17.8 Å². The molecule has 0 heterocycles. The molecular formula is C10H18. The van der Waals surface area contributed by atoms with Crippen molar-refractivity contribution >= 4 is 0 Å². The van der Waals surface area contributed by atoms with Gasteiger partial charge in [0.2, 0.25) is 0 Å². The lowest BCUT2D eigenvalue weighted by Gasteiger charge is -2.39. The molecule has 2 unspecified atom stereocenters. The molecule has 0 amide bonds. The van der Waals surface area contributed by atoms with Gasteiger partial charge in [0.25, 0.3) is 0 Å². The average molecular weight is 138 g/mol. The highest BCUT2D eigenvalue weighted by atomic mass is 14.4. The van der Waals surface area contributed by atoms with Crippen LogP contribution in [-0.2, 0) is 0 Å². The van der Waals surface area contributed by atoms with E-state index in [4.69, 9.17) is 0 Å². The van der Waals surface area contributed by atoms with Crippen LogP contribution in [0.5, 0.6) is 0 Å². The lowest BCUT2D eigenvalue weighted by atomic mass is 9.67. The Bertz CT molecular complexity index is 113. The second kappa shape index (κ2) is 2.56. The van der Waals surface area contributed by atoms with E-state index >= 15 is 0 Å². The van der Waals surface area contributed by atoms with Gasteiger partial charge in [-0.05, 0) is 30.6 Å². The van der Waals surface area contributed by atoms with Gasteiger partial charge in [-0.2, -0.15) is 0 Å². The monoisotopic (exact) mass is 138 g/mol. The second-order valence-electron chi connectivity index (χ2n) is 4.35. The van der Waals surface area contributed by atoms with Crippen molar-refractivity contribution in [1.82, 2.24) is 0 Å². The first-order valence-corrected chi connectivity index (χ1v) is 4.86. The third kappa shape index (κ3) is 1.09. The molecule has 0 aliphatic heterocycles. The Morgan fingerprint density at radius 3 is 2.20 bits per heavy atom. The molecule has 58 valence electrons. The molecule has 10 heavy (non-hydrogen) atoms. The summed E-state index contributed by atoms with van der Waals surface area (Å²) in [7, 11) is 0. The smallest absolute Gasteiger partial charge is 0.0386 e. The standard InChI is InChI=1S/C10H18/c1-8-5-6-10(8)7-9-3-2-4-9/h8-10H,2-7H2,1H3. The molecule has 2 saturated carbocycles. The summed E-state index contributed by atoms with van der Waals surface area (Å²) in [5.41, 5.74) is 0. The van der Waals surface area contributed by atoms with Crippen molar-refractivity contribution in [3.05, 3.63) is 0 Å². The van der Waals surface area contributed by atoms with E-state index < -0.39 is 0 Å². The lowest BCUT2D eigenvalue weighted by Crippen LogP contribution is -2.27. The normalized spacial score (nSPS) is 40.5. The molecule has 2 atom stereocenters. The predicted octanol–water partition coefficient (Wildman–Crippen LogP) is 3.22. The van der Waals surface area contributed by atoms with E-state index in [1.165, 1.54) is 19.3 Å². The number of hydrogen-bond acceptors (Lipinski definition) is 0. The Balaban J connectivity index is 1.69. The molecule has 2 fully saturated rings. The third-order valence-corrected chi connectivity index (χ3v) is 3.66. The van der Waals surface area contributed by atoms with Gasteiger partial charge in [-0.15, -0.1) is 0 Å². The van der Waals surface area contributed by atoms with Gasteiger partial charge >= 0.3 is 0 Å². The van der Waals surface area contributed by atoms with Crippen LogP contribution in [0.3, 0.4) is 0 Å². The minimum Gasteiger partial charge on any atom is -0.0622 e. The van der Waals surface area contributed by atoms with Gasteiger partial charge in [0.1, 0.15) is 0 Å². The Labute approximate surface area is 64.0 Å². The summed E-state index contributed by atoms with van der Waals surface area (Å²) < 4.78 is 0. The summed E-state index contributed by atoms with van der Waals surface area (Å²) >= 11 is 0. The molecule has 0 radical (unpaired) electrons. The van der Waals surface area contributed by atoms with Crippen LogP contribution in [-0.4, -0.2) is 0 Å². The molecule has 0 spiro atoms. The lowest BCUT2D eigenvalue weighted by molar-refractivity contribution is 0.127. The molecule has 2 rings (SSSR count). The minimum atomic E-state index is 1.07. The summed E-state index contributed by atoms with van der Waals surface area (Å²) in [5.74, 6) is 3.35. The summed E-state index contributed by atoms with van der Waals surface area (Å²) in [4.78, 5) is 0. The fourth-order valence-electron chi connectivity index (χ4n) is 2.24. The van der Waals surface area contributed by atoms with Gasteiger partial charge in [0, 0.05) is 0 Å². The highest BCUT2D eigenvalue weighted by molar-refractivity contribution is 4.82. The number of rotatable bonds is 2. The molecule has 2 aliphatic carbocycles. The fourth-order valence-corrected chi connectivity index (χ4v) is 2.24. The first-order valence-electron chi connectivity index (χ1n) is 4.86. The SMILES string of the molecule is CC1CCC1CC1CCC1. The van der Waals surface area contributed by atoms with Gasteiger partial charge in [-0.1, -0.05) is 32.6 Å². The summed E-state index contributed by atoms with van der Waals surface area (Å²) in [6, 6.07) is 0. The first-order chi connectivity index (χ1) is 4.86. The molecule has 0 nitrogen and oxygen atoms in total. The van der Waals surface area contributed by atoms with E-state index in [0.717, 1.165) is 17.8 Å². The first kappa shape index (κ1) is 6.69. The molecule has 2 aliphatic rings. The zero-order chi connectivity index (χ0) is 6.97. The van der Waals surface area contributed by atoms with Crippen molar-refractivity contribution in [3.8, 4) is 0 Å². The maximum absolute atomic E-state index is 2.42. The van der Waals surface area contributed by atoms with Crippen LogP contribution in [0.15, 0.2) is 0 Å². The topological polar surface area (TPSA) is 0 Å². The average Bonchev–Trinajstić information content (AvgIpc) is 1.82. The van der Waals surface area contributed by atoms with Crippen molar-refractivity contribution in [2.24, 2.45) is 17.8 Å². The van der Waals surface area contributed by atoms with E-state index in [9.17, 15) is 0 Å². The zero-order valence-corrected chi connectivity index (χ0v) is 6.97. The van der Waals surface area contributed by atoms with Crippen LogP contribution in [0.25, 0.3) is 0 Å². The van der Waals surface area contributed by atoms with E-state index in [1.807, 2.05) is 0 Å². The highest BCUT2D eigenvalue weighted by Crippen LogP contribution is 2.42. The molecule has 0 saturated heterocycles. The van der Waals surface area contributed by atoms with E-state index in [0.29, 0.717) is 0 Å². The summed E-state index contributed by atoms with van der Waals surface area (Å²) in [6.45, 7) is 2.42. The Hall–Kier alpha value is 0. The Morgan fingerprint density at radius 2 is 1.90 bits per heavy atom. The Morgan fingerprint density at radius 1 is 1.10 bits per heavy atom. The van der Waals surface area contributed by atoms with E-state index in [-0.39, 0.29) is 0 Å². The molecule has 0 heteroatoms. The predicted molar refractivity (Wildman–Crippen MR) is 43.8 cm³/mol. The third-order valence-electron chi connectivity index (χ3n) is 3.66. The maximum atomic E-state index is 2.42. The van der Waals surface area contributed by atoms with Crippen molar-refractivity contribution in [1.29, 1.82) is 0 Å². The molecule has 0 aromatic carbocycles. The molecule has 0 aromatic heterocycles. The highest BCUT2D eigenvalue weighted by Gasteiger charge is 2.30. The molecule has 0 N–H and O–H groups in total. The molecule has 0 aromatic rings. The molecular weight excluding hydrogens is 120 g/mol. The van der Waals surface area contributed by atoms with Gasteiger partial charge in [0.15, 0.2) is 0 Å². The van der Waals surface area contributed by atoms with Crippen LogP contribution < -0.4 is 0 Å². The Kier molecular flexibility index (Phi) is 1.71. The van der Waals surface area contributed by atoms with Crippen LogP contribution in [0.4, 0.5) is 0 Å². The minimum absolute atomic E-state index is 1.07. The zero-order valence-electron chi connectivity index (χ0n) is 6.97. The van der Waals surface area contributed by atoms with E-state index in [2.05, 4.69) is 6.92 Å². The van der Waals surface area contributed by atoms with Gasteiger partial charge in [-0.3, -0.25) is 0 Å². The van der Waals surface area contributed by atoms with Gasteiger partial charge < -0.3 is 0 Å². The second-order valence-corrected chi connectivity index (χ2v) is 4.35. The van der Waals surface area contributed by atoms with Crippen molar-refractivity contribution in [2.75, 3.05) is 0 Å². The maximum Gasteiger partial charge on any atom is -0.0386 e. The summed E-state index contributed by atoms with van der Waals surface area (Å²) in [6.07, 6.45) is 9.23. The van der Waals surface area contributed by atoms with Crippen LogP contribution in [0.1, 0.15) is 45.4 Å². The van der Waals surface area contributed by atoms with Crippen molar-refractivity contribution in [2.45, 2.75) is 45.4 Å². The summed E-state index contributed by atoms with van der Waals surface area (Å²) in [5, 5.41) is 0. The quantitative estimate of drug-likeness (QED) is 0.549. The van der Waals surface area contributed by atoms with Gasteiger partial charge in [0.05, 0.1) is 0 Å². The molecule has 0 bridgehead atoms. The van der Waals surface area contributed by atoms with E-state index in [1.54, 1.807) is 19.3 Å². The largest absolute Gasteiger partial charge is 0.0622 e. The van der Waals surface area contributed by atoms with Crippen molar-refractivity contribution in [3.63, 3.8) is 0 Å². The number of hydrogen-bond donors (Lipinski definition) is 0. The van der Waals surface area contributed by atoms with Crippen LogP contribution >= 0.6 is 0 Å². The van der Waals surface area contributed by atoms with Crippen LogP contribution in [0.2, 0.25) is 0 Å².